The van der Waals surface area contributed by atoms with Gasteiger partial charge in [-0.2, -0.15) is 13.2 Å². The minimum Gasteiger partial charge on any atom is -0.472 e. The number of furan rings is 1. The summed E-state index contributed by atoms with van der Waals surface area (Å²) in [5.41, 5.74) is -0.263. The predicted molar refractivity (Wildman–Crippen MR) is 105 cm³/mol. The third-order valence-corrected chi connectivity index (χ3v) is 5.89. The van der Waals surface area contributed by atoms with Crippen molar-refractivity contribution in [2.45, 2.75) is 19.0 Å². The highest BCUT2D eigenvalue weighted by atomic mass is 19.4. The van der Waals surface area contributed by atoms with E-state index in [4.69, 9.17) is 4.42 Å². The van der Waals surface area contributed by atoms with Crippen molar-refractivity contribution >= 4 is 17.6 Å². The van der Waals surface area contributed by atoms with E-state index in [0.717, 1.165) is 12.3 Å². The molecular formula is C21H23F3N4O3. The number of alkyl halides is 3. The molecule has 0 unspecified atom stereocenters. The molecular weight excluding hydrogens is 413 g/mol. The molecule has 2 aromatic rings. The van der Waals surface area contributed by atoms with Crippen LogP contribution in [0.4, 0.5) is 19.0 Å². The summed E-state index contributed by atoms with van der Waals surface area (Å²) in [6, 6.07) is 4.02. The summed E-state index contributed by atoms with van der Waals surface area (Å²) in [6.45, 7) is 3.07. The number of nitrogens with zero attached hydrogens (tertiary/aromatic N) is 4. The van der Waals surface area contributed by atoms with Crippen LogP contribution in [0.3, 0.4) is 0 Å². The SMILES string of the molecule is O=C(c1ccoc1)N1CCC(C(=O)N2CCN(c3ccc(C(F)(F)F)cn3)CC2)CC1. The number of anilines is 1. The average molecular weight is 436 g/mol. The molecule has 2 aromatic heterocycles. The van der Waals surface area contributed by atoms with E-state index in [2.05, 4.69) is 4.98 Å². The first-order valence-corrected chi connectivity index (χ1v) is 10.2. The van der Waals surface area contributed by atoms with Gasteiger partial charge in [-0.15, -0.1) is 0 Å². The molecule has 4 heterocycles. The molecule has 0 radical (unpaired) electrons. The number of amides is 2. The average Bonchev–Trinajstić information content (AvgIpc) is 3.33. The zero-order valence-corrected chi connectivity index (χ0v) is 16.8. The van der Waals surface area contributed by atoms with Crippen molar-refractivity contribution in [1.29, 1.82) is 0 Å². The summed E-state index contributed by atoms with van der Waals surface area (Å²) in [5.74, 6) is 0.350. The highest BCUT2D eigenvalue weighted by molar-refractivity contribution is 5.94. The summed E-state index contributed by atoms with van der Waals surface area (Å²) >= 11 is 0. The van der Waals surface area contributed by atoms with E-state index in [9.17, 15) is 22.8 Å². The topological polar surface area (TPSA) is 69.9 Å². The molecule has 0 aliphatic carbocycles. The molecule has 2 aliphatic rings. The third kappa shape index (κ3) is 4.67. The molecule has 10 heteroatoms. The van der Waals surface area contributed by atoms with Gasteiger partial charge in [0.05, 0.1) is 17.4 Å². The lowest BCUT2D eigenvalue weighted by atomic mass is 9.94. The Morgan fingerprint density at radius 3 is 2.23 bits per heavy atom. The van der Waals surface area contributed by atoms with E-state index in [1.54, 1.807) is 15.9 Å². The Morgan fingerprint density at radius 1 is 0.968 bits per heavy atom. The van der Waals surface area contributed by atoms with Crippen molar-refractivity contribution < 1.29 is 27.2 Å². The number of piperazine rings is 1. The molecule has 2 amide bonds. The van der Waals surface area contributed by atoms with E-state index >= 15 is 0 Å². The van der Waals surface area contributed by atoms with Gasteiger partial charge in [0.2, 0.25) is 5.91 Å². The predicted octanol–water partition coefficient (Wildman–Crippen LogP) is 2.89. The second kappa shape index (κ2) is 8.60. The normalized spacial score (nSPS) is 18.4. The minimum atomic E-state index is -4.41. The molecule has 0 spiro atoms. The van der Waals surface area contributed by atoms with E-state index in [-0.39, 0.29) is 17.7 Å². The van der Waals surface area contributed by atoms with Gasteiger partial charge in [0.25, 0.3) is 5.91 Å². The fraction of sp³-hybridized carbons (Fsp3) is 0.476. The van der Waals surface area contributed by atoms with Crippen LogP contribution in [-0.4, -0.2) is 65.9 Å². The molecule has 2 fully saturated rings. The van der Waals surface area contributed by atoms with Crippen LogP contribution in [0.15, 0.2) is 41.3 Å². The fourth-order valence-corrected chi connectivity index (χ4v) is 4.05. The van der Waals surface area contributed by atoms with Crippen molar-refractivity contribution in [3.63, 3.8) is 0 Å². The molecule has 7 nitrogen and oxygen atoms in total. The maximum Gasteiger partial charge on any atom is 0.417 e. The van der Waals surface area contributed by atoms with Crippen LogP contribution in [0, 0.1) is 5.92 Å². The van der Waals surface area contributed by atoms with Crippen molar-refractivity contribution in [1.82, 2.24) is 14.8 Å². The first-order chi connectivity index (χ1) is 14.8. The van der Waals surface area contributed by atoms with Gasteiger partial charge in [-0.25, -0.2) is 4.98 Å². The Bertz CT molecular complexity index is 899. The Morgan fingerprint density at radius 2 is 1.68 bits per heavy atom. The number of hydrogen-bond donors (Lipinski definition) is 0. The smallest absolute Gasteiger partial charge is 0.417 e. The van der Waals surface area contributed by atoms with Gasteiger partial charge in [-0.1, -0.05) is 0 Å². The monoisotopic (exact) mass is 436 g/mol. The quantitative estimate of drug-likeness (QED) is 0.740. The number of piperidine rings is 1. The van der Waals surface area contributed by atoms with Crippen molar-refractivity contribution in [3.05, 3.63) is 48.0 Å². The molecule has 31 heavy (non-hydrogen) atoms. The summed E-state index contributed by atoms with van der Waals surface area (Å²) in [6.07, 6.45) is 0.543. The molecule has 4 rings (SSSR count). The van der Waals surface area contributed by atoms with Crippen molar-refractivity contribution in [2.24, 2.45) is 5.92 Å². The van der Waals surface area contributed by atoms with Gasteiger partial charge in [0.15, 0.2) is 0 Å². The number of aromatic nitrogens is 1. The number of carbonyl (C=O) groups excluding carboxylic acids is 2. The Hall–Kier alpha value is -3.04. The molecule has 0 atom stereocenters. The molecule has 166 valence electrons. The van der Waals surface area contributed by atoms with Crippen molar-refractivity contribution in [2.75, 3.05) is 44.2 Å². The molecule has 2 aliphatic heterocycles. The lowest BCUT2D eigenvalue weighted by Crippen LogP contribution is -2.52. The number of carbonyl (C=O) groups is 2. The largest absolute Gasteiger partial charge is 0.472 e. The molecule has 0 bridgehead atoms. The first-order valence-electron chi connectivity index (χ1n) is 10.2. The van der Waals surface area contributed by atoms with E-state index in [0.29, 0.717) is 63.5 Å². The van der Waals surface area contributed by atoms with Crippen LogP contribution in [0.1, 0.15) is 28.8 Å². The number of rotatable bonds is 3. The van der Waals surface area contributed by atoms with Crippen LogP contribution in [0.25, 0.3) is 0 Å². The minimum absolute atomic E-state index is 0.0791. The lowest BCUT2D eigenvalue weighted by Gasteiger charge is -2.39. The Balaban J connectivity index is 1.26. The molecule has 0 saturated carbocycles. The van der Waals surface area contributed by atoms with E-state index in [1.165, 1.54) is 18.6 Å². The van der Waals surface area contributed by atoms with Gasteiger partial charge >= 0.3 is 6.18 Å². The maximum absolute atomic E-state index is 12.9. The number of pyridine rings is 1. The first kappa shape index (κ1) is 21.2. The number of hydrogen-bond acceptors (Lipinski definition) is 5. The van der Waals surface area contributed by atoms with Gasteiger partial charge in [-0.05, 0) is 31.0 Å². The number of likely N-dealkylation sites (tertiary alicyclic amines) is 1. The lowest BCUT2D eigenvalue weighted by molar-refractivity contribution is -0.138. The standard InChI is InChI=1S/C21H23F3N4O3/c22-21(23,24)17-1-2-18(25-13-17)26-8-10-28(11-9-26)19(29)15-3-6-27(7-4-15)20(30)16-5-12-31-14-16/h1-2,5,12-15H,3-4,6-11H2. The van der Waals surface area contributed by atoms with Gasteiger partial charge < -0.3 is 19.1 Å². The van der Waals surface area contributed by atoms with Crippen LogP contribution in [0.2, 0.25) is 0 Å². The van der Waals surface area contributed by atoms with Crippen molar-refractivity contribution in [3.8, 4) is 0 Å². The zero-order chi connectivity index (χ0) is 22.0. The third-order valence-electron chi connectivity index (χ3n) is 5.89. The van der Waals surface area contributed by atoms with Crippen LogP contribution in [0.5, 0.6) is 0 Å². The summed E-state index contributed by atoms with van der Waals surface area (Å²) in [4.78, 5) is 34.6. The second-order valence-electron chi connectivity index (χ2n) is 7.79. The van der Waals surface area contributed by atoms with Crippen LogP contribution in [-0.2, 0) is 11.0 Å². The fourth-order valence-electron chi connectivity index (χ4n) is 4.05. The molecule has 0 N–H and O–H groups in total. The van der Waals surface area contributed by atoms with Gasteiger partial charge in [0.1, 0.15) is 12.1 Å². The van der Waals surface area contributed by atoms with Crippen LogP contribution < -0.4 is 4.90 Å². The van der Waals surface area contributed by atoms with E-state index in [1.807, 2.05) is 4.90 Å². The summed E-state index contributed by atoms with van der Waals surface area (Å²) in [7, 11) is 0. The molecule has 2 saturated heterocycles. The Labute approximate surface area is 177 Å². The van der Waals surface area contributed by atoms with Crippen LogP contribution >= 0.6 is 0 Å². The highest BCUT2D eigenvalue weighted by Gasteiger charge is 2.33. The number of halogens is 3. The maximum atomic E-state index is 12.9. The van der Waals surface area contributed by atoms with Gasteiger partial charge in [-0.3, -0.25) is 9.59 Å². The molecule has 0 aromatic carbocycles. The second-order valence-corrected chi connectivity index (χ2v) is 7.79. The van der Waals surface area contributed by atoms with E-state index < -0.39 is 11.7 Å². The highest BCUT2D eigenvalue weighted by Crippen LogP contribution is 2.29. The Kier molecular flexibility index (Phi) is 5.88. The summed E-state index contributed by atoms with van der Waals surface area (Å²) in [5, 5.41) is 0. The van der Waals surface area contributed by atoms with Gasteiger partial charge in [0, 0.05) is 51.4 Å². The summed E-state index contributed by atoms with van der Waals surface area (Å²) < 4.78 is 43.0. The zero-order valence-electron chi connectivity index (χ0n) is 16.8.